The maximum absolute atomic E-state index is 11.2. The molecule has 1 aromatic rings. The first kappa shape index (κ1) is 16.9. The van der Waals surface area contributed by atoms with Crippen LogP contribution in [0, 0.1) is 12.8 Å². The van der Waals surface area contributed by atoms with E-state index in [9.17, 15) is 13.6 Å². The topological polar surface area (TPSA) is 69.2 Å². The van der Waals surface area contributed by atoms with Crippen molar-refractivity contribution in [1.82, 2.24) is 5.32 Å². The van der Waals surface area contributed by atoms with E-state index in [1.807, 2.05) is 38.1 Å². The first-order valence-corrected chi connectivity index (χ1v) is 7.99. The quantitative estimate of drug-likeness (QED) is 0.473. The van der Waals surface area contributed by atoms with E-state index in [2.05, 4.69) is 5.32 Å². The Morgan fingerprint density at radius 2 is 2.10 bits per heavy atom. The van der Waals surface area contributed by atoms with Crippen LogP contribution < -0.4 is 5.32 Å². The number of aryl methyl sites for hydroxylation is 1. The van der Waals surface area contributed by atoms with Gasteiger partial charge in [-0.15, -0.1) is 0 Å². The maximum atomic E-state index is 11.2. The Balaban J connectivity index is 2.45. The number of hydrogen-bond acceptors (Lipinski definition) is 4. The zero-order valence-corrected chi connectivity index (χ0v) is 13.2. The van der Waals surface area contributed by atoms with Gasteiger partial charge in [-0.1, -0.05) is 43.4 Å². The second-order valence-corrected chi connectivity index (χ2v) is 6.00. The monoisotopic (exact) mass is 312 g/mol. The van der Waals surface area contributed by atoms with Gasteiger partial charge in [-0.2, -0.15) is 0 Å². The number of rotatable bonds is 7. The average Bonchev–Trinajstić information content (AvgIpc) is 2.37. The number of carbonyl (C=O) groups is 1. The molecule has 20 heavy (non-hydrogen) atoms. The third-order valence-corrected chi connectivity index (χ3v) is 4.13. The summed E-state index contributed by atoms with van der Waals surface area (Å²) in [6.45, 7) is 4.44. The van der Waals surface area contributed by atoms with Crippen molar-refractivity contribution >= 4 is 34.1 Å². The molecule has 110 valence electrons. The fourth-order valence-electron chi connectivity index (χ4n) is 1.83. The Labute approximate surface area is 127 Å². The van der Waals surface area contributed by atoms with Crippen LogP contribution in [-0.2, 0) is 15.9 Å². The van der Waals surface area contributed by atoms with Crippen molar-refractivity contribution in [2.24, 2.45) is 5.92 Å². The Hall–Kier alpha value is -1.11. The molecule has 0 aliphatic carbocycles. The highest BCUT2D eigenvalue weighted by molar-refractivity contribution is 7.81. The molecule has 0 spiro atoms. The zero-order valence-electron chi connectivity index (χ0n) is 11.5. The zero-order chi connectivity index (χ0) is 15.1. The lowest BCUT2D eigenvalue weighted by atomic mass is 9.95. The van der Waals surface area contributed by atoms with Crippen LogP contribution in [0.3, 0.4) is 0 Å². The standard InChI is InChI=1S/C14H19NO3S2/c1-10-5-3-4-6-12(10)14(19)11(2)7-8-15-13(16)9-20(17)18/h3-6,11H,7-9H2,1-2H3,(H,15,16)(H,17,18)/p-1. The summed E-state index contributed by atoms with van der Waals surface area (Å²) in [5.74, 6) is -0.826. The molecule has 0 aliphatic heterocycles. The minimum absolute atomic E-state index is 0.143. The minimum atomic E-state index is -2.34. The highest BCUT2D eigenvalue weighted by Crippen LogP contribution is 2.16. The van der Waals surface area contributed by atoms with Crippen molar-refractivity contribution in [3.63, 3.8) is 0 Å². The molecule has 4 nitrogen and oxygen atoms in total. The van der Waals surface area contributed by atoms with Crippen LogP contribution in [-0.4, -0.2) is 31.8 Å². The molecule has 2 unspecified atom stereocenters. The molecule has 6 heteroatoms. The van der Waals surface area contributed by atoms with Crippen LogP contribution >= 0.6 is 12.2 Å². The van der Waals surface area contributed by atoms with Gasteiger partial charge in [-0.25, -0.2) is 0 Å². The normalized spacial score (nSPS) is 13.6. The van der Waals surface area contributed by atoms with E-state index in [-0.39, 0.29) is 5.92 Å². The molecule has 0 saturated carbocycles. The van der Waals surface area contributed by atoms with E-state index in [0.29, 0.717) is 13.0 Å². The minimum Gasteiger partial charge on any atom is -0.772 e. The second kappa shape index (κ2) is 8.24. The number of carbonyl (C=O) groups excluding carboxylic acids is 1. The Bertz CT molecular complexity index is 517. The molecule has 0 saturated heterocycles. The molecule has 1 amide bonds. The molecular weight excluding hydrogens is 294 g/mol. The second-order valence-electron chi connectivity index (χ2n) is 4.67. The van der Waals surface area contributed by atoms with Crippen LogP contribution in [0.1, 0.15) is 24.5 Å². The number of thiocarbonyl (C=S) groups is 1. The summed E-state index contributed by atoms with van der Waals surface area (Å²) >= 11 is 3.13. The molecule has 1 rings (SSSR count). The van der Waals surface area contributed by atoms with Gasteiger partial charge in [0.25, 0.3) is 0 Å². The lowest BCUT2D eigenvalue weighted by molar-refractivity contribution is -0.118. The summed E-state index contributed by atoms with van der Waals surface area (Å²) in [7, 11) is 0. The molecule has 0 bridgehead atoms. The Morgan fingerprint density at radius 3 is 2.70 bits per heavy atom. The Kier molecular flexibility index (Phi) is 6.98. The van der Waals surface area contributed by atoms with E-state index < -0.39 is 22.7 Å². The predicted octanol–water partition coefficient (Wildman–Crippen LogP) is 1.73. The number of benzene rings is 1. The van der Waals surface area contributed by atoms with Gasteiger partial charge in [0, 0.05) is 11.4 Å². The lowest BCUT2D eigenvalue weighted by Gasteiger charge is -2.15. The third kappa shape index (κ3) is 5.48. The summed E-state index contributed by atoms with van der Waals surface area (Å²) in [5.41, 5.74) is 2.19. The van der Waals surface area contributed by atoms with Crippen LogP contribution in [0.4, 0.5) is 0 Å². The number of amides is 1. The van der Waals surface area contributed by atoms with Crippen molar-refractivity contribution in [3.8, 4) is 0 Å². The summed E-state index contributed by atoms with van der Waals surface area (Å²) in [5, 5.41) is 2.57. The molecule has 0 aromatic heterocycles. The SMILES string of the molecule is Cc1ccccc1C(=S)C(C)CCNC(=O)CS(=O)[O-]. The Morgan fingerprint density at radius 1 is 1.45 bits per heavy atom. The van der Waals surface area contributed by atoms with E-state index in [1.165, 1.54) is 0 Å². The van der Waals surface area contributed by atoms with Gasteiger partial charge >= 0.3 is 0 Å². The molecular formula is C14H18NO3S2-. The van der Waals surface area contributed by atoms with Gasteiger partial charge < -0.3 is 9.87 Å². The molecule has 0 radical (unpaired) electrons. The lowest BCUT2D eigenvalue weighted by Crippen LogP contribution is -2.30. The van der Waals surface area contributed by atoms with Gasteiger partial charge in [0.1, 0.15) is 0 Å². The van der Waals surface area contributed by atoms with E-state index >= 15 is 0 Å². The highest BCUT2D eigenvalue weighted by Gasteiger charge is 2.13. The van der Waals surface area contributed by atoms with Crippen molar-refractivity contribution < 1.29 is 13.6 Å². The fraction of sp³-hybridized carbons (Fsp3) is 0.429. The molecule has 1 aromatic carbocycles. The molecule has 0 heterocycles. The summed E-state index contributed by atoms with van der Waals surface area (Å²) in [6, 6.07) is 7.93. The third-order valence-electron chi connectivity index (χ3n) is 3.01. The van der Waals surface area contributed by atoms with E-state index in [4.69, 9.17) is 12.2 Å². The van der Waals surface area contributed by atoms with Crippen LogP contribution in [0.25, 0.3) is 0 Å². The van der Waals surface area contributed by atoms with Crippen LogP contribution in [0.2, 0.25) is 0 Å². The van der Waals surface area contributed by atoms with E-state index in [0.717, 1.165) is 16.0 Å². The summed E-state index contributed by atoms with van der Waals surface area (Å²) < 4.78 is 20.7. The average molecular weight is 312 g/mol. The molecule has 0 aliphatic rings. The smallest absolute Gasteiger partial charge is 0.231 e. The van der Waals surface area contributed by atoms with Gasteiger partial charge in [-0.05, 0) is 41.5 Å². The van der Waals surface area contributed by atoms with Gasteiger partial charge in [0.05, 0.1) is 5.75 Å². The van der Waals surface area contributed by atoms with Crippen molar-refractivity contribution in [1.29, 1.82) is 0 Å². The van der Waals surface area contributed by atoms with Crippen molar-refractivity contribution in [2.75, 3.05) is 12.3 Å². The molecule has 0 fully saturated rings. The van der Waals surface area contributed by atoms with Crippen LogP contribution in [0.15, 0.2) is 24.3 Å². The first-order chi connectivity index (χ1) is 9.41. The first-order valence-electron chi connectivity index (χ1n) is 6.34. The van der Waals surface area contributed by atoms with E-state index in [1.54, 1.807) is 0 Å². The van der Waals surface area contributed by atoms with Gasteiger partial charge in [0.15, 0.2) is 0 Å². The summed E-state index contributed by atoms with van der Waals surface area (Å²) in [6.07, 6.45) is 0.685. The number of nitrogens with one attached hydrogen (secondary N) is 1. The molecule has 1 N–H and O–H groups in total. The molecule has 2 atom stereocenters. The highest BCUT2D eigenvalue weighted by atomic mass is 32.2. The van der Waals surface area contributed by atoms with Gasteiger partial charge in [0.2, 0.25) is 5.91 Å². The maximum Gasteiger partial charge on any atom is 0.231 e. The fourth-order valence-corrected chi connectivity index (χ4v) is 2.50. The van der Waals surface area contributed by atoms with Crippen molar-refractivity contribution in [3.05, 3.63) is 35.4 Å². The van der Waals surface area contributed by atoms with Gasteiger partial charge in [-0.3, -0.25) is 9.00 Å². The summed E-state index contributed by atoms with van der Waals surface area (Å²) in [4.78, 5) is 12.1. The predicted molar refractivity (Wildman–Crippen MR) is 83.5 cm³/mol. The number of hydrogen-bond donors (Lipinski definition) is 1. The van der Waals surface area contributed by atoms with Crippen LogP contribution in [0.5, 0.6) is 0 Å². The largest absolute Gasteiger partial charge is 0.772 e. The van der Waals surface area contributed by atoms with Crippen molar-refractivity contribution in [2.45, 2.75) is 20.3 Å².